The van der Waals surface area contributed by atoms with Crippen LogP contribution in [-0.2, 0) is 4.79 Å². The van der Waals surface area contributed by atoms with E-state index in [0.717, 1.165) is 56.8 Å². The summed E-state index contributed by atoms with van der Waals surface area (Å²) >= 11 is 0. The number of quaternary nitrogens is 1. The summed E-state index contributed by atoms with van der Waals surface area (Å²) in [6, 6.07) is 7.53. The van der Waals surface area contributed by atoms with Gasteiger partial charge >= 0.3 is 0 Å². The summed E-state index contributed by atoms with van der Waals surface area (Å²) in [6.07, 6.45) is 7.29. The number of ketones is 1. The first-order valence-corrected chi connectivity index (χ1v) is 8.83. The second-order valence-corrected chi connectivity index (χ2v) is 6.62. The van der Waals surface area contributed by atoms with Gasteiger partial charge in [-0.25, -0.2) is 0 Å². The smallest absolute Gasteiger partial charge is 0.164 e. The maximum Gasteiger partial charge on any atom is 0.164 e. The van der Waals surface area contributed by atoms with Gasteiger partial charge < -0.3 is 27.3 Å². The first-order chi connectivity index (χ1) is 11.2. The number of nitrogens with zero attached hydrogens (tertiary/aromatic N) is 1. The van der Waals surface area contributed by atoms with Crippen LogP contribution in [0.5, 0.6) is 5.75 Å². The van der Waals surface area contributed by atoms with Crippen molar-refractivity contribution in [3.63, 3.8) is 0 Å². The number of anilines is 1. The molecule has 0 unspecified atom stereocenters. The van der Waals surface area contributed by atoms with E-state index in [2.05, 4.69) is 11.0 Å². The number of halogens is 1. The van der Waals surface area contributed by atoms with Crippen molar-refractivity contribution in [1.82, 2.24) is 0 Å². The van der Waals surface area contributed by atoms with E-state index in [0.29, 0.717) is 18.0 Å². The summed E-state index contributed by atoms with van der Waals surface area (Å²) in [4.78, 5) is 16.0. The van der Waals surface area contributed by atoms with Crippen LogP contribution < -0.4 is 22.2 Å². The van der Waals surface area contributed by atoms with Crippen LogP contribution in [0.3, 0.4) is 0 Å². The Kier molecular flexibility index (Phi) is 7.13. The lowest BCUT2D eigenvalue weighted by molar-refractivity contribution is -0.899. The average Bonchev–Trinajstić information content (AvgIpc) is 2.61. The molecule has 2 N–H and O–H groups in total. The molecule has 0 bridgehead atoms. The predicted molar refractivity (Wildman–Crippen MR) is 92.1 cm³/mol. The molecule has 0 radical (unpaired) electrons. The molecule has 1 fully saturated rings. The highest BCUT2D eigenvalue weighted by Crippen LogP contribution is 2.26. The Morgan fingerprint density at radius 2 is 1.92 bits per heavy atom. The molecule has 0 spiro atoms. The maximum absolute atomic E-state index is 12.2. The highest BCUT2D eigenvalue weighted by Gasteiger charge is 2.23. The minimum Gasteiger partial charge on any atom is -1.00 e. The summed E-state index contributed by atoms with van der Waals surface area (Å²) in [5.41, 5.74) is 2.00. The molecular weight excluding hydrogens is 324 g/mol. The van der Waals surface area contributed by atoms with Crippen LogP contribution in [0.4, 0.5) is 5.69 Å². The van der Waals surface area contributed by atoms with Crippen LogP contribution in [0.15, 0.2) is 35.9 Å². The number of carbonyl (C=O) groups excluding carboxylic acids is 1. The molecule has 1 aliphatic carbocycles. The largest absolute Gasteiger partial charge is 1.00 e. The molecule has 0 atom stereocenters. The molecule has 0 amide bonds. The van der Waals surface area contributed by atoms with E-state index in [1.54, 1.807) is 6.07 Å². The Morgan fingerprint density at radius 3 is 2.58 bits per heavy atom. The van der Waals surface area contributed by atoms with Crippen LogP contribution >= 0.6 is 0 Å². The number of phenolic OH excluding ortho intramolecular Hbond substituents is 1. The van der Waals surface area contributed by atoms with Crippen molar-refractivity contribution in [2.24, 2.45) is 0 Å². The number of piperazine rings is 1. The third-order valence-corrected chi connectivity index (χ3v) is 5.05. The van der Waals surface area contributed by atoms with Gasteiger partial charge in [-0.15, -0.1) is 0 Å². The molecule has 1 aromatic carbocycles. The average molecular weight is 351 g/mol. The topological polar surface area (TPSA) is 45.0 Å². The fraction of sp³-hybridized carbons (Fsp3) is 0.526. The number of rotatable bonds is 5. The van der Waals surface area contributed by atoms with Crippen LogP contribution in [0.1, 0.15) is 32.1 Å². The number of hydrogen-bond acceptors (Lipinski definition) is 3. The molecule has 0 aromatic heterocycles. The van der Waals surface area contributed by atoms with E-state index in [-0.39, 0.29) is 12.4 Å². The summed E-state index contributed by atoms with van der Waals surface area (Å²) in [5.74, 6) is 0.718. The number of phenols is 1. The zero-order chi connectivity index (χ0) is 16.1. The molecule has 132 valence electrons. The van der Waals surface area contributed by atoms with Crippen molar-refractivity contribution < 1.29 is 27.2 Å². The van der Waals surface area contributed by atoms with E-state index in [1.165, 1.54) is 17.7 Å². The third-order valence-electron chi connectivity index (χ3n) is 5.05. The maximum atomic E-state index is 12.2. The van der Waals surface area contributed by atoms with E-state index >= 15 is 0 Å². The van der Waals surface area contributed by atoms with Gasteiger partial charge in [0.05, 0.1) is 44.8 Å². The molecule has 4 nitrogen and oxygen atoms in total. The van der Waals surface area contributed by atoms with Crippen molar-refractivity contribution in [3.8, 4) is 5.75 Å². The second kappa shape index (κ2) is 9.09. The number of benzene rings is 1. The Labute approximate surface area is 150 Å². The molecule has 1 saturated heterocycles. The molecule has 24 heavy (non-hydrogen) atoms. The van der Waals surface area contributed by atoms with E-state index in [1.807, 2.05) is 18.2 Å². The molecule has 0 saturated carbocycles. The highest BCUT2D eigenvalue weighted by atomic mass is 35.5. The minimum atomic E-state index is 0. The first kappa shape index (κ1) is 18.8. The van der Waals surface area contributed by atoms with Gasteiger partial charge in [-0.2, -0.15) is 0 Å². The van der Waals surface area contributed by atoms with Gasteiger partial charge in [-0.05, 0) is 43.4 Å². The van der Waals surface area contributed by atoms with Gasteiger partial charge in [0, 0.05) is 0 Å². The van der Waals surface area contributed by atoms with Gasteiger partial charge in [0.15, 0.2) is 5.78 Å². The second-order valence-electron chi connectivity index (χ2n) is 6.62. The third kappa shape index (κ3) is 4.74. The Bertz CT molecular complexity index is 580. The Morgan fingerprint density at radius 1 is 1.17 bits per heavy atom. The number of hydrogen-bond donors (Lipinski definition) is 2. The number of carbonyl (C=O) groups is 1. The molecule has 5 heteroatoms. The van der Waals surface area contributed by atoms with Crippen LogP contribution in [0, 0.1) is 0 Å². The highest BCUT2D eigenvalue weighted by molar-refractivity contribution is 5.95. The van der Waals surface area contributed by atoms with Crippen LogP contribution in [-0.4, -0.2) is 43.6 Å². The lowest BCUT2D eigenvalue weighted by atomic mass is 9.95. The molecule has 1 aliphatic heterocycles. The van der Waals surface area contributed by atoms with Gasteiger partial charge in [0.1, 0.15) is 5.75 Å². The molecular formula is C19H27ClN2O2. The molecule has 3 rings (SSSR count). The number of allylic oxidation sites excluding steroid dienone is 2. The molecule has 1 heterocycles. The lowest BCUT2D eigenvalue weighted by Gasteiger charge is -2.33. The normalized spacial score (nSPS) is 18.7. The SMILES string of the molecule is O=C(CC[NH+]1CCN(c2ccccc2O)CC1)C1=CCCCC1.[Cl-]. The number of Topliss-reactive ketones (excluding diaryl/α,β-unsaturated/α-hetero) is 1. The number of nitrogens with one attached hydrogen (secondary N) is 1. The zero-order valence-corrected chi connectivity index (χ0v) is 14.9. The van der Waals surface area contributed by atoms with Gasteiger partial charge in [0.2, 0.25) is 0 Å². The van der Waals surface area contributed by atoms with Crippen molar-refractivity contribution in [2.45, 2.75) is 32.1 Å². The predicted octanol–water partition coefficient (Wildman–Crippen LogP) is -1.44. The molecule has 2 aliphatic rings. The summed E-state index contributed by atoms with van der Waals surface area (Å²) in [6.45, 7) is 4.86. The number of para-hydroxylation sites is 2. The Balaban J connectivity index is 0.00000208. The minimum absolute atomic E-state index is 0. The van der Waals surface area contributed by atoms with Crippen LogP contribution in [0.25, 0.3) is 0 Å². The van der Waals surface area contributed by atoms with E-state index < -0.39 is 0 Å². The quantitative estimate of drug-likeness (QED) is 0.684. The summed E-state index contributed by atoms with van der Waals surface area (Å²) < 4.78 is 0. The monoisotopic (exact) mass is 350 g/mol. The fourth-order valence-electron chi connectivity index (χ4n) is 3.59. The first-order valence-electron chi connectivity index (χ1n) is 8.83. The lowest BCUT2D eigenvalue weighted by Crippen LogP contribution is -3.15. The van der Waals surface area contributed by atoms with Crippen molar-refractivity contribution in [3.05, 3.63) is 35.9 Å². The summed E-state index contributed by atoms with van der Waals surface area (Å²) in [5, 5.41) is 9.95. The van der Waals surface area contributed by atoms with Crippen LogP contribution in [0.2, 0.25) is 0 Å². The van der Waals surface area contributed by atoms with E-state index in [9.17, 15) is 9.90 Å². The zero-order valence-electron chi connectivity index (χ0n) is 14.1. The standard InChI is InChI=1S/C19H26N2O2.ClH/c22-18(16-6-2-1-3-7-16)10-11-20-12-14-21(15-13-20)17-8-4-5-9-19(17)23;/h4-6,8-9,23H,1-3,7,10-15H2;1H. The fourth-order valence-corrected chi connectivity index (χ4v) is 3.59. The van der Waals surface area contributed by atoms with Gasteiger partial charge in [0.25, 0.3) is 0 Å². The van der Waals surface area contributed by atoms with Crippen molar-refractivity contribution >= 4 is 11.5 Å². The van der Waals surface area contributed by atoms with Crippen molar-refractivity contribution in [1.29, 1.82) is 0 Å². The van der Waals surface area contributed by atoms with Crippen molar-refractivity contribution in [2.75, 3.05) is 37.6 Å². The van der Waals surface area contributed by atoms with Gasteiger partial charge in [-0.1, -0.05) is 18.2 Å². The number of aromatic hydroxyl groups is 1. The van der Waals surface area contributed by atoms with Gasteiger partial charge in [-0.3, -0.25) is 4.79 Å². The summed E-state index contributed by atoms with van der Waals surface area (Å²) in [7, 11) is 0. The van der Waals surface area contributed by atoms with E-state index in [4.69, 9.17) is 0 Å². The molecule has 1 aromatic rings. The Hall–Kier alpha value is -1.52.